The Kier molecular flexibility index (Phi) is 5.37. The molecule has 1 fully saturated rings. The molecule has 1 aromatic heterocycles. The van der Waals surface area contributed by atoms with Crippen molar-refractivity contribution >= 4 is 32.6 Å². The number of quaternary nitrogens is 2. The average Bonchev–Trinajstić information content (AvgIpc) is 3.18. The Balaban J connectivity index is 1.16. The summed E-state index contributed by atoms with van der Waals surface area (Å²) >= 11 is 0. The molecule has 0 atom stereocenters. The van der Waals surface area contributed by atoms with Crippen molar-refractivity contribution in [3.8, 4) is 0 Å². The van der Waals surface area contributed by atoms with Crippen LogP contribution in [-0.4, -0.2) is 30.7 Å². The third kappa shape index (κ3) is 3.82. The van der Waals surface area contributed by atoms with Crippen LogP contribution in [0.2, 0.25) is 0 Å². The number of fused-ring (bicyclic) bond motifs is 4. The molecule has 6 rings (SSSR count). The molecule has 2 heterocycles. The van der Waals surface area contributed by atoms with E-state index in [4.69, 9.17) is 0 Å². The maximum Gasteiger partial charge on any atom is 0.127 e. The second kappa shape index (κ2) is 8.66. The smallest absolute Gasteiger partial charge is 0.127 e. The first kappa shape index (κ1) is 20.5. The van der Waals surface area contributed by atoms with Crippen LogP contribution in [0.5, 0.6) is 0 Å². The van der Waals surface area contributed by atoms with Gasteiger partial charge in [0.05, 0.1) is 0 Å². The highest BCUT2D eigenvalue weighted by molar-refractivity contribution is 6.08. The van der Waals surface area contributed by atoms with Crippen LogP contribution in [0.3, 0.4) is 0 Å². The molecule has 3 nitrogen and oxygen atoms in total. The summed E-state index contributed by atoms with van der Waals surface area (Å²) in [5, 5.41) is 5.57. The van der Waals surface area contributed by atoms with Gasteiger partial charge >= 0.3 is 0 Å². The molecule has 1 aliphatic rings. The van der Waals surface area contributed by atoms with Crippen LogP contribution >= 0.6 is 0 Å². The fourth-order valence-electron chi connectivity index (χ4n) is 5.87. The first-order valence-electron chi connectivity index (χ1n) is 12.4. The molecule has 166 valence electrons. The second-order valence-corrected chi connectivity index (χ2v) is 9.60. The maximum absolute atomic E-state index is 2.45. The van der Waals surface area contributed by atoms with E-state index in [1.54, 1.807) is 9.80 Å². The summed E-state index contributed by atoms with van der Waals surface area (Å²) in [7, 11) is 0. The summed E-state index contributed by atoms with van der Waals surface area (Å²) in [5.74, 6) is 0. The van der Waals surface area contributed by atoms with Gasteiger partial charge in [-0.3, -0.25) is 0 Å². The number of hydrogen-bond donors (Lipinski definition) is 2. The fourth-order valence-corrected chi connectivity index (χ4v) is 5.87. The van der Waals surface area contributed by atoms with Crippen molar-refractivity contribution in [2.75, 3.05) is 26.2 Å². The summed E-state index contributed by atoms with van der Waals surface area (Å²) in [6.45, 7) is 10.5. The van der Waals surface area contributed by atoms with Crippen LogP contribution in [0.4, 0.5) is 0 Å². The highest BCUT2D eigenvalue weighted by Crippen LogP contribution is 2.29. The SMILES string of the molecule is CCn1c2ccccc2c2cc(C[NH+]3CC[NH+](Cc4cccc5ccccc45)CC3)ccc21. The molecule has 0 spiro atoms. The van der Waals surface area contributed by atoms with Crippen molar-refractivity contribution < 1.29 is 9.80 Å². The van der Waals surface area contributed by atoms with Crippen molar-refractivity contribution in [3.05, 3.63) is 96.1 Å². The van der Waals surface area contributed by atoms with E-state index < -0.39 is 0 Å². The molecule has 0 amide bonds. The molecular weight excluding hydrogens is 402 g/mol. The lowest BCUT2D eigenvalue weighted by Gasteiger charge is -2.30. The van der Waals surface area contributed by atoms with Gasteiger partial charge in [0.15, 0.2) is 0 Å². The van der Waals surface area contributed by atoms with Crippen molar-refractivity contribution in [2.45, 2.75) is 26.6 Å². The van der Waals surface area contributed by atoms with E-state index in [1.165, 1.54) is 69.9 Å². The number of aryl methyl sites for hydroxylation is 1. The van der Waals surface area contributed by atoms with Gasteiger partial charge in [-0.15, -0.1) is 0 Å². The van der Waals surface area contributed by atoms with Gasteiger partial charge in [0, 0.05) is 39.5 Å². The number of piperazine rings is 1. The van der Waals surface area contributed by atoms with E-state index in [-0.39, 0.29) is 0 Å². The Morgan fingerprint density at radius 1 is 0.636 bits per heavy atom. The summed E-state index contributed by atoms with van der Waals surface area (Å²) in [4.78, 5) is 3.44. The number of hydrogen-bond acceptors (Lipinski definition) is 0. The minimum atomic E-state index is 1.01. The van der Waals surface area contributed by atoms with Crippen LogP contribution in [0, 0.1) is 0 Å². The van der Waals surface area contributed by atoms with Crippen LogP contribution in [-0.2, 0) is 19.6 Å². The molecule has 0 aliphatic carbocycles. The molecule has 33 heavy (non-hydrogen) atoms. The second-order valence-electron chi connectivity index (χ2n) is 9.60. The van der Waals surface area contributed by atoms with E-state index in [0.717, 1.165) is 19.6 Å². The molecule has 1 saturated heterocycles. The average molecular weight is 436 g/mol. The first-order chi connectivity index (χ1) is 16.3. The van der Waals surface area contributed by atoms with Crippen LogP contribution in [0.15, 0.2) is 84.9 Å². The molecule has 1 aliphatic heterocycles. The molecule has 4 aromatic carbocycles. The zero-order valence-corrected chi connectivity index (χ0v) is 19.5. The van der Waals surface area contributed by atoms with Gasteiger partial charge in [0.2, 0.25) is 0 Å². The van der Waals surface area contributed by atoms with Crippen LogP contribution in [0.25, 0.3) is 32.6 Å². The third-order valence-corrected chi connectivity index (χ3v) is 7.59. The number of benzene rings is 4. The van der Waals surface area contributed by atoms with Crippen molar-refractivity contribution in [3.63, 3.8) is 0 Å². The zero-order chi connectivity index (χ0) is 22.2. The van der Waals surface area contributed by atoms with Gasteiger partial charge in [0.1, 0.15) is 39.3 Å². The predicted octanol–water partition coefficient (Wildman–Crippen LogP) is 3.45. The summed E-state index contributed by atoms with van der Waals surface area (Å²) < 4.78 is 2.44. The van der Waals surface area contributed by atoms with E-state index in [0.29, 0.717) is 0 Å². The molecule has 3 heteroatoms. The normalized spacial score (nSPS) is 18.9. The largest absolute Gasteiger partial charge is 0.341 e. The lowest BCUT2D eigenvalue weighted by molar-refractivity contribution is -1.02. The molecule has 2 N–H and O–H groups in total. The van der Waals surface area contributed by atoms with E-state index >= 15 is 0 Å². The number of nitrogens with one attached hydrogen (secondary N) is 2. The van der Waals surface area contributed by atoms with Crippen molar-refractivity contribution in [1.29, 1.82) is 0 Å². The first-order valence-corrected chi connectivity index (χ1v) is 12.4. The molecule has 0 radical (unpaired) electrons. The standard InChI is InChI=1S/C30H31N3/c1-2-33-29-13-6-5-12-27(29)28-20-23(14-15-30(28)33)21-31-16-18-32(19-17-31)22-25-10-7-9-24-8-3-4-11-26(24)25/h3-15,20H,2,16-19,21-22H2,1H3/p+2. The maximum atomic E-state index is 2.45. The number of rotatable bonds is 5. The predicted molar refractivity (Wildman–Crippen MR) is 138 cm³/mol. The lowest BCUT2D eigenvalue weighted by Crippen LogP contribution is -3.27. The minimum Gasteiger partial charge on any atom is -0.341 e. The van der Waals surface area contributed by atoms with Gasteiger partial charge in [-0.1, -0.05) is 66.7 Å². The molecular formula is C30H33N3+2. The quantitative estimate of drug-likeness (QED) is 0.420. The van der Waals surface area contributed by atoms with E-state index in [9.17, 15) is 0 Å². The molecule has 0 bridgehead atoms. The van der Waals surface area contributed by atoms with Gasteiger partial charge in [0.25, 0.3) is 0 Å². The highest BCUT2D eigenvalue weighted by Gasteiger charge is 2.24. The van der Waals surface area contributed by atoms with Crippen LogP contribution in [0.1, 0.15) is 18.1 Å². The van der Waals surface area contributed by atoms with Gasteiger partial charge < -0.3 is 14.4 Å². The van der Waals surface area contributed by atoms with E-state index in [1.807, 2.05) is 0 Å². The van der Waals surface area contributed by atoms with Gasteiger partial charge in [-0.2, -0.15) is 0 Å². The highest BCUT2D eigenvalue weighted by atomic mass is 15.3. The Morgan fingerprint density at radius 3 is 2.12 bits per heavy atom. The number of nitrogens with zero attached hydrogens (tertiary/aromatic N) is 1. The number of para-hydroxylation sites is 1. The lowest BCUT2D eigenvalue weighted by atomic mass is 10.0. The molecule has 0 saturated carbocycles. The summed E-state index contributed by atoms with van der Waals surface area (Å²) in [6, 6.07) is 31.6. The Labute approximate surface area is 195 Å². The van der Waals surface area contributed by atoms with Crippen molar-refractivity contribution in [1.82, 2.24) is 4.57 Å². The topological polar surface area (TPSA) is 13.8 Å². The van der Waals surface area contributed by atoms with Gasteiger partial charge in [-0.05, 0) is 35.9 Å². The summed E-state index contributed by atoms with van der Waals surface area (Å²) in [5.41, 5.74) is 5.67. The summed E-state index contributed by atoms with van der Waals surface area (Å²) in [6.07, 6.45) is 0. The molecule has 0 unspecified atom stereocenters. The minimum absolute atomic E-state index is 1.01. The Bertz CT molecular complexity index is 1420. The van der Waals surface area contributed by atoms with Crippen LogP contribution < -0.4 is 9.80 Å². The Hall–Kier alpha value is -3.14. The fraction of sp³-hybridized carbons (Fsp3) is 0.267. The monoisotopic (exact) mass is 435 g/mol. The molecule has 5 aromatic rings. The third-order valence-electron chi connectivity index (χ3n) is 7.59. The van der Waals surface area contributed by atoms with Gasteiger partial charge in [-0.25, -0.2) is 0 Å². The number of aromatic nitrogens is 1. The zero-order valence-electron chi connectivity index (χ0n) is 19.5. The van der Waals surface area contributed by atoms with Crippen molar-refractivity contribution in [2.24, 2.45) is 0 Å². The van der Waals surface area contributed by atoms with E-state index in [2.05, 4.69) is 96.4 Å². The Morgan fingerprint density at radius 2 is 1.30 bits per heavy atom.